The van der Waals surface area contributed by atoms with Crippen LogP contribution in [-0.4, -0.2) is 11.0 Å². The molecule has 0 saturated heterocycles. The molecular weight excluding hydrogens is 264 g/mol. The average Bonchev–Trinajstić information content (AvgIpc) is 2.51. The van der Waals surface area contributed by atoms with E-state index in [1.807, 2.05) is 36.4 Å². The van der Waals surface area contributed by atoms with Crippen molar-refractivity contribution in [3.8, 4) is 11.8 Å². The Morgan fingerprint density at radius 2 is 1.95 bits per heavy atom. The molecule has 2 rings (SSSR count). The lowest BCUT2D eigenvalue weighted by Crippen LogP contribution is -2.23. The molecule has 0 aliphatic carbocycles. The summed E-state index contributed by atoms with van der Waals surface area (Å²) in [4.78, 5) is 12.0. The van der Waals surface area contributed by atoms with E-state index in [-0.39, 0.29) is 11.3 Å². The summed E-state index contributed by atoms with van der Waals surface area (Å²) in [7, 11) is 0. The number of carbonyl (C=O) groups is 1. The second kappa shape index (κ2) is 6.92. The van der Waals surface area contributed by atoms with Gasteiger partial charge in [0.05, 0.1) is 0 Å². The number of nitrogens with zero attached hydrogens (tertiary/aromatic N) is 1. The van der Waals surface area contributed by atoms with Gasteiger partial charge < -0.3 is 10.4 Å². The Morgan fingerprint density at radius 1 is 1.19 bits per heavy atom. The maximum atomic E-state index is 12.0. The lowest BCUT2D eigenvalue weighted by molar-refractivity contribution is -0.117. The van der Waals surface area contributed by atoms with Gasteiger partial charge in [-0.1, -0.05) is 42.5 Å². The van der Waals surface area contributed by atoms with Gasteiger partial charge in [-0.2, -0.15) is 5.26 Å². The fourth-order valence-electron chi connectivity index (χ4n) is 1.80. The molecule has 21 heavy (non-hydrogen) atoms. The summed E-state index contributed by atoms with van der Waals surface area (Å²) >= 11 is 0. The minimum Gasteiger partial charge on any atom is -0.508 e. The van der Waals surface area contributed by atoms with Crippen molar-refractivity contribution < 1.29 is 9.90 Å². The summed E-state index contributed by atoms with van der Waals surface area (Å²) in [6.07, 6.45) is 1.44. The second-order valence-electron chi connectivity index (χ2n) is 4.43. The Balaban J connectivity index is 2.07. The van der Waals surface area contributed by atoms with Gasteiger partial charge in [0.25, 0.3) is 5.91 Å². The fourth-order valence-corrected chi connectivity index (χ4v) is 1.80. The molecular formula is C17H14N2O2. The Labute approximate surface area is 123 Å². The van der Waals surface area contributed by atoms with Crippen molar-refractivity contribution in [3.05, 3.63) is 71.3 Å². The van der Waals surface area contributed by atoms with Crippen molar-refractivity contribution in [2.45, 2.75) is 6.54 Å². The normalized spacial score (nSPS) is 10.7. The number of nitriles is 1. The molecule has 0 spiro atoms. The largest absolute Gasteiger partial charge is 0.508 e. The zero-order valence-corrected chi connectivity index (χ0v) is 11.3. The highest BCUT2D eigenvalue weighted by molar-refractivity contribution is 6.01. The summed E-state index contributed by atoms with van der Waals surface area (Å²) in [6, 6.07) is 17.7. The van der Waals surface area contributed by atoms with Crippen molar-refractivity contribution >= 4 is 12.0 Å². The van der Waals surface area contributed by atoms with E-state index in [2.05, 4.69) is 5.32 Å². The van der Waals surface area contributed by atoms with Crippen molar-refractivity contribution in [1.82, 2.24) is 5.32 Å². The Kier molecular flexibility index (Phi) is 4.73. The third-order valence-electron chi connectivity index (χ3n) is 2.84. The van der Waals surface area contributed by atoms with Gasteiger partial charge in [-0.15, -0.1) is 0 Å². The van der Waals surface area contributed by atoms with Gasteiger partial charge in [-0.3, -0.25) is 4.79 Å². The highest BCUT2D eigenvalue weighted by Gasteiger charge is 2.08. The first-order valence-corrected chi connectivity index (χ1v) is 6.42. The van der Waals surface area contributed by atoms with E-state index in [0.717, 1.165) is 5.56 Å². The van der Waals surface area contributed by atoms with Gasteiger partial charge in [0.15, 0.2) is 0 Å². The maximum absolute atomic E-state index is 12.0. The zero-order chi connectivity index (χ0) is 15.1. The van der Waals surface area contributed by atoms with E-state index in [9.17, 15) is 9.90 Å². The van der Waals surface area contributed by atoms with Gasteiger partial charge in [-0.05, 0) is 29.3 Å². The number of phenolic OH excluding ortho intramolecular Hbond substituents is 1. The van der Waals surface area contributed by atoms with Crippen LogP contribution in [0.1, 0.15) is 11.1 Å². The molecule has 0 saturated carbocycles. The molecule has 1 amide bonds. The van der Waals surface area contributed by atoms with Crippen LogP contribution in [0.5, 0.6) is 5.75 Å². The molecule has 2 aromatic carbocycles. The molecule has 0 radical (unpaired) electrons. The van der Waals surface area contributed by atoms with E-state index < -0.39 is 5.91 Å². The molecule has 0 aliphatic heterocycles. The van der Waals surface area contributed by atoms with Crippen LogP contribution >= 0.6 is 0 Å². The van der Waals surface area contributed by atoms with E-state index >= 15 is 0 Å². The molecule has 104 valence electrons. The molecule has 0 bridgehead atoms. The summed E-state index contributed by atoms with van der Waals surface area (Å²) in [5, 5.41) is 21.2. The monoisotopic (exact) mass is 278 g/mol. The third-order valence-corrected chi connectivity index (χ3v) is 2.84. The van der Waals surface area contributed by atoms with Crippen LogP contribution in [0.25, 0.3) is 6.08 Å². The maximum Gasteiger partial charge on any atom is 0.262 e. The van der Waals surface area contributed by atoms with Gasteiger partial charge >= 0.3 is 0 Å². The molecule has 0 heterocycles. The summed E-state index contributed by atoms with van der Waals surface area (Å²) < 4.78 is 0. The molecule has 4 nitrogen and oxygen atoms in total. The van der Waals surface area contributed by atoms with Crippen LogP contribution < -0.4 is 5.32 Å². The second-order valence-corrected chi connectivity index (χ2v) is 4.43. The average molecular weight is 278 g/mol. The number of nitrogens with one attached hydrogen (secondary N) is 1. The smallest absolute Gasteiger partial charge is 0.262 e. The molecule has 2 aromatic rings. The lowest BCUT2D eigenvalue weighted by atomic mass is 10.1. The van der Waals surface area contributed by atoms with Crippen LogP contribution in [0.4, 0.5) is 0 Å². The van der Waals surface area contributed by atoms with Gasteiger partial charge in [-0.25, -0.2) is 0 Å². The van der Waals surface area contributed by atoms with Crippen LogP contribution in [0.2, 0.25) is 0 Å². The number of amides is 1. The van der Waals surface area contributed by atoms with Crippen LogP contribution in [0.15, 0.2) is 60.2 Å². The molecule has 0 aliphatic rings. The van der Waals surface area contributed by atoms with Crippen molar-refractivity contribution in [3.63, 3.8) is 0 Å². The molecule has 0 fully saturated rings. The summed E-state index contributed by atoms with van der Waals surface area (Å²) in [5.41, 5.74) is 1.55. The van der Waals surface area contributed by atoms with Crippen LogP contribution in [-0.2, 0) is 11.3 Å². The van der Waals surface area contributed by atoms with Crippen molar-refractivity contribution in [2.24, 2.45) is 0 Å². The number of benzene rings is 2. The topological polar surface area (TPSA) is 73.1 Å². The third kappa shape index (κ3) is 4.22. The summed E-state index contributed by atoms with van der Waals surface area (Å²) in [5.74, 6) is -0.351. The predicted molar refractivity (Wildman–Crippen MR) is 80.0 cm³/mol. The molecule has 0 unspecified atom stereocenters. The Morgan fingerprint density at radius 3 is 2.62 bits per heavy atom. The number of aromatic hydroxyl groups is 1. The quantitative estimate of drug-likeness (QED) is 0.667. The number of hydrogen-bond donors (Lipinski definition) is 2. The molecule has 0 atom stereocenters. The highest BCUT2D eigenvalue weighted by atomic mass is 16.3. The van der Waals surface area contributed by atoms with Gasteiger partial charge in [0, 0.05) is 6.54 Å². The lowest BCUT2D eigenvalue weighted by Gasteiger charge is -2.04. The first-order valence-electron chi connectivity index (χ1n) is 6.42. The van der Waals surface area contributed by atoms with E-state index in [0.29, 0.717) is 12.1 Å². The SMILES string of the molecule is N#C/C(=C/c1cccc(O)c1)C(=O)NCc1ccccc1. The number of rotatable bonds is 4. The van der Waals surface area contributed by atoms with Crippen molar-refractivity contribution in [1.29, 1.82) is 5.26 Å². The molecule has 0 aromatic heterocycles. The van der Waals surface area contributed by atoms with E-state index in [1.54, 1.807) is 12.1 Å². The minimum absolute atomic E-state index is 0.00321. The van der Waals surface area contributed by atoms with Crippen LogP contribution in [0.3, 0.4) is 0 Å². The Hall–Kier alpha value is -3.06. The zero-order valence-electron chi connectivity index (χ0n) is 11.3. The molecule has 4 heteroatoms. The number of carbonyl (C=O) groups excluding carboxylic acids is 1. The van der Waals surface area contributed by atoms with E-state index in [1.165, 1.54) is 18.2 Å². The molecule has 2 N–H and O–H groups in total. The number of phenols is 1. The highest BCUT2D eigenvalue weighted by Crippen LogP contribution is 2.14. The van der Waals surface area contributed by atoms with Crippen LogP contribution in [0, 0.1) is 11.3 Å². The predicted octanol–water partition coefficient (Wildman–Crippen LogP) is 2.62. The standard InChI is InChI=1S/C17H14N2O2/c18-11-15(9-14-7-4-8-16(20)10-14)17(21)19-12-13-5-2-1-3-6-13/h1-10,20H,12H2,(H,19,21)/b15-9-. The van der Waals surface area contributed by atoms with Crippen molar-refractivity contribution in [2.75, 3.05) is 0 Å². The first kappa shape index (κ1) is 14.4. The Bertz CT molecular complexity index is 700. The number of hydrogen-bond acceptors (Lipinski definition) is 3. The fraction of sp³-hybridized carbons (Fsp3) is 0.0588. The van der Waals surface area contributed by atoms with E-state index in [4.69, 9.17) is 5.26 Å². The van der Waals surface area contributed by atoms with Gasteiger partial charge in [0.2, 0.25) is 0 Å². The minimum atomic E-state index is -0.440. The van der Waals surface area contributed by atoms with Gasteiger partial charge in [0.1, 0.15) is 17.4 Å². The summed E-state index contributed by atoms with van der Waals surface area (Å²) in [6.45, 7) is 0.360. The first-order chi connectivity index (χ1) is 10.2.